The summed E-state index contributed by atoms with van der Waals surface area (Å²) >= 11 is 0. The lowest BCUT2D eigenvalue weighted by molar-refractivity contribution is -0.121. The van der Waals surface area contributed by atoms with Gasteiger partial charge in [-0.2, -0.15) is 0 Å². The minimum atomic E-state index is -3.21. The quantitative estimate of drug-likeness (QED) is 0.738. The molecule has 0 aromatic heterocycles. The van der Waals surface area contributed by atoms with Crippen LogP contribution in [0, 0.1) is 0 Å². The number of fused-ring (bicyclic) bond motifs is 1. The Labute approximate surface area is 166 Å². The van der Waals surface area contributed by atoms with Crippen LogP contribution < -0.4 is 10.2 Å². The number of sulfone groups is 1. The molecule has 1 aliphatic rings. The van der Waals surface area contributed by atoms with Crippen molar-refractivity contribution in [2.24, 2.45) is 0 Å². The number of carbonyl (C=O) groups excluding carboxylic acids is 1. The van der Waals surface area contributed by atoms with E-state index in [0.717, 1.165) is 24.1 Å². The van der Waals surface area contributed by atoms with Gasteiger partial charge in [0.25, 0.3) is 0 Å². The molecular formula is C21H26N2O4S. The van der Waals surface area contributed by atoms with Crippen molar-refractivity contribution in [2.75, 3.05) is 31.3 Å². The first-order chi connectivity index (χ1) is 13.2. The minimum absolute atomic E-state index is 0.146. The number of nitrogens with zero attached hydrogens (tertiary/aromatic N) is 1. The van der Waals surface area contributed by atoms with Crippen molar-refractivity contribution in [3.05, 3.63) is 59.2 Å². The van der Waals surface area contributed by atoms with Gasteiger partial charge in [-0.3, -0.25) is 4.79 Å². The number of aliphatic hydroxyl groups is 1. The highest BCUT2D eigenvalue weighted by Crippen LogP contribution is 2.29. The van der Waals surface area contributed by atoms with Gasteiger partial charge in [-0.15, -0.1) is 0 Å². The van der Waals surface area contributed by atoms with Crippen molar-refractivity contribution in [3.8, 4) is 0 Å². The van der Waals surface area contributed by atoms with Gasteiger partial charge in [0.1, 0.15) is 0 Å². The molecule has 28 heavy (non-hydrogen) atoms. The molecule has 7 heteroatoms. The predicted molar refractivity (Wildman–Crippen MR) is 109 cm³/mol. The standard InChI is InChI=1S/C21H26N2O4S/c1-23-12-11-16-13-17(6-9-19(16)23)20(24)14-22-21(25)10-5-15-3-7-18(8-4-15)28(2,26)27/h3-4,6-9,13,20,24H,5,10-12,14H2,1-2H3,(H,22,25)/t20-/m0/s1. The number of benzene rings is 2. The first kappa shape index (κ1) is 20.4. The molecule has 2 aromatic rings. The van der Waals surface area contributed by atoms with Gasteiger partial charge in [0.05, 0.1) is 11.0 Å². The van der Waals surface area contributed by atoms with E-state index < -0.39 is 15.9 Å². The number of hydrogen-bond donors (Lipinski definition) is 2. The van der Waals surface area contributed by atoms with Crippen molar-refractivity contribution in [1.29, 1.82) is 0 Å². The summed E-state index contributed by atoms with van der Waals surface area (Å²) in [6.45, 7) is 1.15. The second-order valence-corrected chi connectivity index (χ2v) is 9.31. The molecule has 0 spiro atoms. The van der Waals surface area contributed by atoms with E-state index in [1.807, 2.05) is 18.2 Å². The van der Waals surface area contributed by atoms with Gasteiger partial charge in [-0.25, -0.2) is 8.42 Å². The Kier molecular flexibility index (Phi) is 6.05. The number of anilines is 1. The first-order valence-electron chi connectivity index (χ1n) is 9.32. The monoisotopic (exact) mass is 402 g/mol. The summed E-state index contributed by atoms with van der Waals surface area (Å²) in [4.78, 5) is 14.5. The molecule has 0 bridgehead atoms. The molecule has 0 saturated carbocycles. The molecule has 1 heterocycles. The lowest BCUT2D eigenvalue weighted by Gasteiger charge is -2.15. The van der Waals surface area contributed by atoms with Crippen LogP contribution in [0.1, 0.15) is 29.2 Å². The van der Waals surface area contributed by atoms with Gasteiger partial charge in [0.15, 0.2) is 9.84 Å². The molecule has 6 nitrogen and oxygen atoms in total. The molecule has 0 unspecified atom stereocenters. The number of aryl methyl sites for hydroxylation is 1. The number of aliphatic hydroxyl groups excluding tert-OH is 1. The number of rotatable bonds is 7. The van der Waals surface area contributed by atoms with Gasteiger partial charge in [-0.1, -0.05) is 24.3 Å². The number of amides is 1. The van der Waals surface area contributed by atoms with E-state index in [4.69, 9.17) is 0 Å². The molecule has 1 atom stereocenters. The lowest BCUT2D eigenvalue weighted by Crippen LogP contribution is -2.28. The lowest BCUT2D eigenvalue weighted by atomic mass is 10.0. The van der Waals surface area contributed by atoms with Crippen molar-refractivity contribution < 1.29 is 18.3 Å². The fourth-order valence-electron chi connectivity index (χ4n) is 3.37. The van der Waals surface area contributed by atoms with E-state index in [9.17, 15) is 18.3 Å². The van der Waals surface area contributed by atoms with Gasteiger partial charge < -0.3 is 15.3 Å². The van der Waals surface area contributed by atoms with Crippen LogP contribution in [-0.4, -0.2) is 45.8 Å². The highest BCUT2D eigenvalue weighted by molar-refractivity contribution is 7.90. The van der Waals surface area contributed by atoms with Crippen molar-refractivity contribution in [1.82, 2.24) is 5.32 Å². The molecule has 1 amide bonds. The summed E-state index contributed by atoms with van der Waals surface area (Å²) in [5, 5.41) is 13.1. The molecule has 2 aromatic carbocycles. The largest absolute Gasteiger partial charge is 0.387 e. The van der Waals surface area contributed by atoms with Crippen molar-refractivity contribution >= 4 is 21.4 Å². The van der Waals surface area contributed by atoms with E-state index in [1.54, 1.807) is 24.3 Å². The average Bonchev–Trinajstić information content (AvgIpc) is 3.04. The Balaban J connectivity index is 1.48. The van der Waals surface area contributed by atoms with Crippen LogP contribution in [0.4, 0.5) is 5.69 Å². The smallest absolute Gasteiger partial charge is 0.220 e. The zero-order valence-corrected chi connectivity index (χ0v) is 17.0. The van der Waals surface area contributed by atoms with E-state index in [0.29, 0.717) is 6.42 Å². The highest BCUT2D eigenvalue weighted by atomic mass is 32.2. The summed E-state index contributed by atoms with van der Waals surface area (Å²) in [6.07, 6.45) is 2.18. The van der Waals surface area contributed by atoms with Crippen LogP contribution >= 0.6 is 0 Å². The zero-order valence-electron chi connectivity index (χ0n) is 16.2. The molecular weight excluding hydrogens is 376 g/mol. The maximum atomic E-state index is 12.1. The van der Waals surface area contributed by atoms with Crippen LogP contribution in [0.2, 0.25) is 0 Å². The van der Waals surface area contributed by atoms with E-state index in [-0.39, 0.29) is 23.8 Å². The molecule has 0 radical (unpaired) electrons. The Morgan fingerprint density at radius 1 is 1.21 bits per heavy atom. The first-order valence-corrected chi connectivity index (χ1v) is 11.2. The number of likely N-dealkylation sites (N-methyl/N-ethyl adjacent to an activating group) is 1. The third-order valence-electron chi connectivity index (χ3n) is 5.10. The Bertz CT molecular complexity index is 955. The maximum Gasteiger partial charge on any atom is 0.220 e. The van der Waals surface area contributed by atoms with Crippen LogP contribution in [0.15, 0.2) is 47.4 Å². The molecule has 3 rings (SSSR count). The summed E-state index contributed by atoms with van der Waals surface area (Å²) in [5.74, 6) is -0.146. The highest BCUT2D eigenvalue weighted by Gasteiger charge is 2.18. The molecule has 150 valence electrons. The van der Waals surface area contributed by atoms with Gasteiger partial charge in [0, 0.05) is 38.5 Å². The average molecular weight is 403 g/mol. The topological polar surface area (TPSA) is 86.7 Å². The normalized spacial score (nSPS) is 14.6. The zero-order chi connectivity index (χ0) is 20.3. The molecule has 1 aliphatic heterocycles. The molecule has 0 aliphatic carbocycles. The second kappa shape index (κ2) is 8.32. The molecule has 0 saturated heterocycles. The SMILES string of the molecule is CN1CCc2cc([C@@H](O)CNC(=O)CCc3ccc(S(C)(=O)=O)cc3)ccc21. The maximum absolute atomic E-state index is 12.1. The van der Waals surface area contributed by atoms with Gasteiger partial charge >= 0.3 is 0 Å². The van der Waals surface area contributed by atoms with Crippen LogP contribution in [0.3, 0.4) is 0 Å². The third kappa shape index (κ3) is 4.91. The Hall–Kier alpha value is -2.38. The van der Waals surface area contributed by atoms with Crippen LogP contribution in [0.5, 0.6) is 0 Å². The number of carbonyl (C=O) groups is 1. The van der Waals surface area contributed by atoms with Crippen molar-refractivity contribution in [3.63, 3.8) is 0 Å². The van der Waals surface area contributed by atoms with E-state index in [2.05, 4.69) is 17.3 Å². The number of nitrogens with one attached hydrogen (secondary N) is 1. The van der Waals surface area contributed by atoms with E-state index in [1.165, 1.54) is 17.5 Å². The fraction of sp³-hybridized carbons (Fsp3) is 0.381. The van der Waals surface area contributed by atoms with Crippen molar-refractivity contribution in [2.45, 2.75) is 30.3 Å². The Morgan fingerprint density at radius 3 is 2.61 bits per heavy atom. The van der Waals surface area contributed by atoms with Gasteiger partial charge in [0.2, 0.25) is 5.91 Å². The third-order valence-corrected chi connectivity index (χ3v) is 6.23. The Morgan fingerprint density at radius 2 is 1.93 bits per heavy atom. The predicted octanol–water partition coefficient (Wildman–Crippen LogP) is 1.86. The summed E-state index contributed by atoms with van der Waals surface area (Å²) in [6, 6.07) is 12.5. The summed E-state index contributed by atoms with van der Waals surface area (Å²) in [5.41, 5.74) is 4.13. The summed E-state index contributed by atoms with van der Waals surface area (Å²) < 4.78 is 22.9. The molecule has 2 N–H and O–H groups in total. The molecule has 0 fully saturated rings. The minimum Gasteiger partial charge on any atom is -0.387 e. The van der Waals surface area contributed by atoms with Gasteiger partial charge in [-0.05, 0) is 47.7 Å². The van der Waals surface area contributed by atoms with E-state index >= 15 is 0 Å². The van der Waals surface area contributed by atoms with Crippen LogP contribution in [0.25, 0.3) is 0 Å². The summed E-state index contributed by atoms with van der Waals surface area (Å²) in [7, 11) is -1.16. The van der Waals surface area contributed by atoms with Crippen LogP contribution in [-0.2, 0) is 27.5 Å². The second-order valence-electron chi connectivity index (χ2n) is 7.30. The fourth-order valence-corrected chi connectivity index (χ4v) is 4.00. The number of hydrogen-bond acceptors (Lipinski definition) is 5.